The number of hydrogen-bond acceptors (Lipinski definition) is 4. The zero-order valence-electron chi connectivity index (χ0n) is 12.0. The first-order valence-electron chi connectivity index (χ1n) is 5.65. The SMILES string of the molecule is BC(B)(N)C(B)(B)SSC(B)(B)C(B)(B)N. The summed E-state index contributed by atoms with van der Waals surface area (Å²) in [6.45, 7) is 0. The highest BCUT2D eigenvalue weighted by Crippen LogP contribution is 2.43. The van der Waals surface area contributed by atoms with Crippen LogP contribution in [0.25, 0.3) is 0 Å². The van der Waals surface area contributed by atoms with Gasteiger partial charge >= 0.3 is 0 Å². The van der Waals surface area contributed by atoms with Crippen LogP contribution in [-0.4, -0.2) is 82.5 Å². The third-order valence-corrected chi connectivity index (χ3v) is 8.28. The van der Waals surface area contributed by atoms with Crippen LogP contribution in [0.2, 0.25) is 0 Å². The molecule has 0 aromatic heterocycles. The van der Waals surface area contributed by atoms with Gasteiger partial charge in [-0.15, -0.1) is 21.6 Å². The highest BCUT2D eigenvalue weighted by atomic mass is 33.1. The summed E-state index contributed by atoms with van der Waals surface area (Å²) in [5, 5.41) is -0.418. The molecule has 2 nitrogen and oxygen atoms in total. The van der Waals surface area contributed by atoms with Crippen LogP contribution in [0.3, 0.4) is 0 Å². The van der Waals surface area contributed by atoms with E-state index in [4.69, 9.17) is 11.5 Å². The van der Waals surface area contributed by atoms with Crippen molar-refractivity contribution >= 4 is 84.4 Å². The first-order chi connectivity index (χ1) is 6.71. The normalized spacial score (nSPS) is 14.9. The van der Waals surface area contributed by atoms with Gasteiger partial charge in [0, 0.05) is 0 Å². The Balaban J connectivity index is 4.59. The maximum absolute atomic E-state index is 6.19. The van der Waals surface area contributed by atoms with Gasteiger partial charge in [-0.25, -0.2) is 0 Å². The molecule has 12 heteroatoms. The molecule has 82 valence electrons. The first kappa shape index (κ1) is 17.1. The molecule has 16 heavy (non-hydrogen) atoms. The molecule has 0 saturated heterocycles. The predicted molar refractivity (Wildman–Crippen MR) is 103 cm³/mol. The molecule has 0 saturated carbocycles. The second-order valence-corrected chi connectivity index (χ2v) is 10.0. The molecular weight excluding hydrogens is 227 g/mol. The van der Waals surface area contributed by atoms with Crippen LogP contribution in [0, 0.1) is 0 Å². The molecule has 0 atom stereocenters. The fraction of sp³-hybridized carbons (Fsp3) is 1.00. The van der Waals surface area contributed by atoms with E-state index in [0.29, 0.717) is 0 Å². The summed E-state index contributed by atoms with van der Waals surface area (Å²) in [5.74, 6) is 0. The van der Waals surface area contributed by atoms with E-state index in [-0.39, 0.29) is 19.8 Å². The molecule has 0 rings (SSSR count). The van der Waals surface area contributed by atoms with Gasteiger partial charge in [-0.2, -0.15) is 0 Å². The summed E-state index contributed by atoms with van der Waals surface area (Å²) in [6.07, 6.45) is 0. The molecule has 0 radical (unpaired) electrons. The van der Waals surface area contributed by atoms with Crippen LogP contribution in [-0.2, 0) is 0 Å². The van der Waals surface area contributed by atoms with Crippen LogP contribution in [0.1, 0.15) is 0 Å². The van der Waals surface area contributed by atoms with Crippen LogP contribution in [0.5, 0.6) is 0 Å². The van der Waals surface area contributed by atoms with Gasteiger partial charge in [-0.1, -0.05) is 0 Å². The lowest BCUT2D eigenvalue weighted by atomic mass is 9.43. The van der Waals surface area contributed by atoms with Crippen molar-refractivity contribution in [1.82, 2.24) is 0 Å². The third kappa shape index (κ3) is 4.43. The topological polar surface area (TPSA) is 52.0 Å². The van der Waals surface area contributed by atoms with Crippen molar-refractivity contribution in [2.24, 2.45) is 11.5 Å². The summed E-state index contributed by atoms with van der Waals surface area (Å²) >= 11 is 0. The van der Waals surface area contributed by atoms with Crippen LogP contribution in [0.15, 0.2) is 0 Å². The molecule has 0 aliphatic carbocycles. The number of rotatable bonds is 5. The van der Waals surface area contributed by atoms with Gasteiger partial charge in [0.25, 0.3) is 0 Å². The lowest BCUT2D eigenvalue weighted by molar-refractivity contribution is 0.849. The fourth-order valence-corrected chi connectivity index (χ4v) is 3.81. The van der Waals surface area contributed by atoms with E-state index < -0.39 is 0 Å². The maximum Gasteiger partial charge on any atom is 0.116 e. The molecule has 0 aromatic rings. The Kier molecular flexibility index (Phi) is 5.38. The predicted octanol–water partition coefficient (Wildman–Crippen LogP) is -8.03. The Hall–Kier alpha value is 1.14. The van der Waals surface area contributed by atoms with Gasteiger partial charge in [0.2, 0.25) is 0 Å². The summed E-state index contributed by atoms with van der Waals surface area (Å²) in [6, 6.07) is 0. The zero-order chi connectivity index (χ0) is 13.4. The van der Waals surface area contributed by atoms with Crippen LogP contribution < -0.4 is 11.5 Å². The van der Waals surface area contributed by atoms with Crippen molar-refractivity contribution in [3.8, 4) is 0 Å². The van der Waals surface area contributed by atoms with E-state index in [1.165, 1.54) is 0 Å². The van der Waals surface area contributed by atoms with E-state index in [1.807, 2.05) is 21.6 Å². The average Bonchev–Trinajstić information content (AvgIpc) is 1.97. The molecule has 0 aliphatic heterocycles. The molecular formula is C4H20B8N2S2. The summed E-state index contributed by atoms with van der Waals surface area (Å²) in [5.41, 5.74) is 12.4. The van der Waals surface area contributed by atoms with Gasteiger partial charge in [-0.05, 0) is 19.8 Å². The standard InChI is InChI=1S/C4H20B8N2S2/c5-1(6,13)3(9,10)15-16-4(11,12)2(7,8)14/h5-14H2. The molecule has 0 amide bonds. The van der Waals surface area contributed by atoms with Crippen molar-refractivity contribution in [3.05, 3.63) is 0 Å². The smallest absolute Gasteiger partial charge is 0.116 e. The number of hydrogen-bond donors (Lipinski definition) is 2. The summed E-state index contributed by atoms with van der Waals surface area (Å²) in [4.78, 5) is 0. The third-order valence-electron chi connectivity index (χ3n) is 3.56. The van der Waals surface area contributed by atoms with Crippen molar-refractivity contribution in [1.29, 1.82) is 0 Å². The minimum atomic E-state index is -0.209. The fourth-order valence-electron chi connectivity index (χ4n) is 0.423. The second-order valence-electron chi connectivity index (χ2n) is 6.63. The molecule has 0 aliphatic rings. The Bertz CT molecular complexity index is 219. The largest absolute Gasteiger partial charge is 0.340 e. The molecule has 0 aromatic carbocycles. The lowest BCUT2D eigenvalue weighted by Crippen LogP contribution is -2.63. The Morgan fingerprint density at radius 2 is 0.750 bits per heavy atom. The summed E-state index contributed by atoms with van der Waals surface area (Å²) in [7, 11) is 20.7. The van der Waals surface area contributed by atoms with Crippen molar-refractivity contribution in [2.75, 3.05) is 0 Å². The van der Waals surface area contributed by atoms with Gasteiger partial charge in [0.15, 0.2) is 0 Å². The molecule has 0 fully saturated rings. The van der Waals surface area contributed by atoms with E-state index in [9.17, 15) is 0 Å². The molecule has 4 N–H and O–H groups in total. The zero-order valence-corrected chi connectivity index (χ0v) is 13.6. The molecule has 0 spiro atoms. The average molecular weight is 247 g/mol. The van der Waals surface area contributed by atoms with Crippen molar-refractivity contribution in [3.63, 3.8) is 0 Å². The van der Waals surface area contributed by atoms with Gasteiger partial charge in [0.05, 0.1) is 0 Å². The van der Waals surface area contributed by atoms with Gasteiger partial charge in [0.1, 0.15) is 62.8 Å². The highest BCUT2D eigenvalue weighted by molar-refractivity contribution is 8.78. The quantitative estimate of drug-likeness (QED) is 0.374. The monoisotopic (exact) mass is 248 g/mol. The lowest BCUT2D eigenvalue weighted by Gasteiger charge is -2.44. The second kappa shape index (κ2) is 5.02. The van der Waals surface area contributed by atoms with Crippen LogP contribution in [0.4, 0.5) is 0 Å². The van der Waals surface area contributed by atoms with Crippen molar-refractivity contribution in [2.45, 2.75) is 19.8 Å². The minimum absolute atomic E-state index is 0.0141. The Labute approximate surface area is 115 Å². The highest BCUT2D eigenvalue weighted by Gasteiger charge is 2.39. The van der Waals surface area contributed by atoms with E-state index in [1.54, 1.807) is 0 Å². The molecule has 0 heterocycles. The van der Waals surface area contributed by atoms with Gasteiger partial charge in [-0.3, -0.25) is 0 Å². The van der Waals surface area contributed by atoms with Crippen molar-refractivity contribution < 1.29 is 0 Å². The van der Waals surface area contributed by atoms with E-state index in [0.717, 1.165) is 0 Å². The first-order valence-corrected chi connectivity index (χ1v) is 7.80. The van der Waals surface area contributed by atoms with E-state index in [2.05, 4.69) is 62.8 Å². The Morgan fingerprint density at radius 3 is 0.875 bits per heavy atom. The summed E-state index contributed by atoms with van der Waals surface area (Å²) < 4.78 is 0.0281. The number of nitrogens with two attached hydrogens (primary N) is 2. The minimum Gasteiger partial charge on any atom is -0.340 e. The maximum atomic E-state index is 6.19. The van der Waals surface area contributed by atoms with Gasteiger partial charge < -0.3 is 11.5 Å². The molecule has 0 unspecified atom stereocenters. The van der Waals surface area contributed by atoms with E-state index >= 15 is 0 Å². The Morgan fingerprint density at radius 1 is 0.562 bits per heavy atom. The molecule has 0 bridgehead atoms. The van der Waals surface area contributed by atoms with Crippen LogP contribution >= 0.6 is 21.6 Å².